The van der Waals surface area contributed by atoms with Crippen LogP contribution in [0.3, 0.4) is 0 Å². The lowest BCUT2D eigenvalue weighted by Gasteiger charge is -2.33. The van der Waals surface area contributed by atoms with Gasteiger partial charge >= 0.3 is 0 Å². The van der Waals surface area contributed by atoms with Gasteiger partial charge in [0.25, 0.3) is 0 Å². The molecule has 0 radical (unpaired) electrons. The van der Waals surface area contributed by atoms with Crippen molar-refractivity contribution in [3.8, 4) is 0 Å². The Morgan fingerprint density at radius 2 is 2.33 bits per heavy atom. The second-order valence-electron chi connectivity index (χ2n) is 4.40. The summed E-state index contributed by atoms with van der Waals surface area (Å²) in [5, 5.41) is 0.632. The zero-order valence-corrected chi connectivity index (χ0v) is 12.0. The molecule has 0 spiro atoms. The third-order valence-corrected chi connectivity index (χ3v) is 3.73. The topological polar surface area (TPSA) is 25.4 Å². The molecule has 1 aromatic rings. The van der Waals surface area contributed by atoms with Crippen molar-refractivity contribution in [3.05, 3.63) is 22.8 Å². The number of pyridine rings is 1. The van der Waals surface area contributed by atoms with E-state index in [2.05, 4.69) is 9.88 Å². The van der Waals surface area contributed by atoms with Crippen molar-refractivity contribution in [3.63, 3.8) is 0 Å². The molecule has 1 unspecified atom stereocenters. The summed E-state index contributed by atoms with van der Waals surface area (Å²) in [5.74, 6) is 1.29. The maximum atomic E-state index is 6.02. The highest BCUT2D eigenvalue weighted by Crippen LogP contribution is 2.24. The molecule has 18 heavy (non-hydrogen) atoms. The fourth-order valence-corrected chi connectivity index (χ4v) is 2.70. The molecular weight excluding hydrogens is 271 g/mol. The molecule has 1 aliphatic rings. The third kappa shape index (κ3) is 3.28. The van der Waals surface area contributed by atoms with Crippen LogP contribution in [0.4, 0.5) is 5.82 Å². The zero-order valence-electron chi connectivity index (χ0n) is 10.5. The Hall–Kier alpha value is -0.510. The number of piperidine rings is 1. The van der Waals surface area contributed by atoms with E-state index in [0.717, 1.165) is 44.0 Å². The number of anilines is 1. The van der Waals surface area contributed by atoms with Gasteiger partial charge in [-0.1, -0.05) is 11.6 Å². The highest BCUT2D eigenvalue weighted by Gasteiger charge is 2.21. The highest BCUT2D eigenvalue weighted by atomic mass is 35.5. The minimum Gasteiger partial charge on any atom is -0.377 e. The van der Waals surface area contributed by atoms with Crippen molar-refractivity contribution in [2.75, 3.05) is 24.6 Å². The third-order valence-electron chi connectivity index (χ3n) is 3.14. The van der Waals surface area contributed by atoms with Crippen molar-refractivity contribution in [1.29, 1.82) is 0 Å². The zero-order chi connectivity index (χ0) is 13.0. The molecule has 0 aromatic carbocycles. The first-order valence-electron chi connectivity index (χ1n) is 6.32. The van der Waals surface area contributed by atoms with Gasteiger partial charge < -0.3 is 9.64 Å². The fraction of sp³-hybridized carbons (Fsp3) is 0.615. The first kappa shape index (κ1) is 13.9. The van der Waals surface area contributed by atoms with E-state index in [9.17, 15) is 0 Å². The van der Waals surface area contributed by atoms with Crippen LogP contribution in [0.2, 0.25) is 5.02 Å². The number of rotatable bonds is 4. The summed E-state index contributed by atoms with van der Waals surface area (Å²) >= 11 is 11.9. The van der Waals surface area contributed by atoms with Crippen LogP contribution >= 0.6 is 23.2 Å². The van der Waals surface area contributed by atoms with Gasteiger partial charge in [0.05, 0.1) is 22.7 Å². The van der Waals surface area contributed by atoms with Crippen LogP contribution in [-0.4, -0.2) is 30.8 Å². The Morgan fingerprint density at radius 3 is 3.06 bits per heavy atom. The molecule has 1 aromatic heterocycles. The molecule has 3 nitrogen and oxygen atoms in total. The van der Waals surface area contributed by atoms with Gasteiger partial charge in [-0.05, 0) is 31.9 Å². The molecule has 0 N–H and O–H groups in total. The van der Waals surface area contributed by atoms with Crippen molar-refractivity contribution < 1.29 is 4.74 Å². The first-order valence-corrected chi connectivity index (χ1v) is 7.23. The Kier molecular flexibility index (Phi) is 5.10. The second-order valence-corrected chi connectivity index (χ2v) is 5.07. The van der Waals surface area contributed by atoms with Crippen LogP contribution in [0.1, 0.15) is 25.5 Å². The van der Waals surface area contributed by atoms with Gasteiger partial charge in [-0.2, -0.15) is 0 Å². The second kappa shape index (κ2) is 6.60. The van der Waals surface area contributed by atoms with Crippen LogP contribution in [0.15, 0.2) is 12.1 Å². The summed E-state index contributed by atoms with van der Waals surface area (Å²) < 4.78 is 5.69. The normalized spacial score (nSPS) is 20.2. The largest absolute Gasteiger partial charge is 0.377 e. The number of nitrogens with zero attached hydrogens (tertiary/aromatic N) is 2. The van der Waals surface area contributed by atoms with E-state index < -0.39 is 0 Å². The molecule has 5 heteroatoms. The maximum Gasteiger partial charge on any atom is 0.129 e. The lowest BCUT2D eigenvalue weighted by molar-refractivity contribution is 0.0525. The van der Waals surface area contributed by atoms with Gasteiger partial charge in [0.1, 0.15) is 5.82 Å². The molecule has 1 saturated heterocycles. The predicted molar refractivity (Wildman–Crippen MR) is 75.7 cm³/mol. The number of hydrogen-bond donors (Lipinski definition) is 0. The predicted octanol–water partition coefficient (Wildman–Crippen LogP) is 3.48. The standard InChI is InChI=1S/C13H18Cl2N2O/c1-2-18-10-4-3-7-17(9-10)13-6-5-11(15)12(8-14)16-13/h5-6,10H,2-4,7-9H2,1H3. The van der Waals surface area contributed by atoms with E-state index in [1.165, 1.54) is 0 Å². The van der Waals surface area contributed by atoms with Gasteiger partial charge in [0.2, 0.25) is 0 Å². The summed E-state index contributed by atoms with van der Waals surface area (Å²) in [4.78, 5) is 6.76. The molecule has 1 fully saturated rings. The SMILES string of the molecule is CCOC1CCCN(c2ccc(Cl)c(CCl)n2)C1. The van der Waals surface area contributed by atoms with E-state index in [4.69, 9.17) is 27.9 Å². The van der Waals surface area contributed by atoms with Gasteiger partial charge in [-0.15, -0.1) is 11.6 Å². The van der Waals surface area contributed by atoms with E-state index in [1.807, 2.05) is 19.1 Å². The monoisotopic (exact) mass is 288 g/mol. The maximum absolute atomic E-state index is 6.02. The summed E-state index contributed by atoms with van der Waals surface area (Å²) in [7, 11) is 0. The lowest BCUT2D eigenvalue weighted by atomic mass is 10.1. The molecule has 0 bridgehead atoms. The van der Waals surface area contributed by atoms with E-state index in [1.54, 1.807) is 0 Å². The van der Waals surface area contributed by atoms with Crippen molar-refractivity contribution in [2.24, 2.45) is 0 Å². The molecule has 0 saturated carbocycles. The van der Waals surface area contributed by atoms with Gasteiger partial charge in [-0.3, -0.25) is 0 Å². The van der Waals surface area contributed by atoms with Crippen molar-refractivity contribution in [1.82, 2.24) is 4.98 Å². The van der Waals surface area contributed by atoms with E-state index >= 15 is 0 Å². The Labute approximate surface area is 118 Å². The van der Waals surface area contributed by atoms with E-state index in [0.29, 0.717) is 17.0 Å². The summed E-state index contributed by atoms with van der Waals surface area (Å²) in [6, 6.07) is 3.82. The lowest BCUT2D eigenvalue weighted by Crippen LogP contribution is -2.40. The molecule has 2 rings (SSSR count). The highest BCUT2D eigenvalue weighted by molar-refractivity contribution is 6.32. The van der Waals surface area contributed by atoms with Crippen LogP contribution in [0, 0.1) is 0 Å². The number of ether oxygens (including phenoxy) is 1. The molecule has 0 amide bonds. The molecule has 100 valence electrons. The molecular formula is C13H18Cl2N2O. The molecule has 2 heterocycles. The van der Waals surface area contributed by atoms with Gasteiger partial charge in [0.15, 0.2) is 0 Å². The van der Waals surface area contributed by atoms with Gasteiger partial charge in [0, 0.05) is 19.7 Å². The van der Waals surface area contributed by atoms with Crippen molar-refractivity contribution >= 4 is 29.0 Å². The summed E-state index contributed by atoms with van der Waals surface area (Å²) in [5.41, 5.74) is 0.745. The minimum absolute atomic E-state index is 0.306. The first-order chi connectivity index (χ1) is 8.74. The number of alkyl halides is 1. The Bertz CT molecular complexity index is 399. The van der Waals surface area contributed by atoms with Gasteiger partial charge in [-0.25, -0.2) is 4.98 Å². The quantitative estimate of drug-likeness (QED) is 0.793. The van der Waals surface area contributed by atoms with Crippen LogP contribution in [0.5, 0.6) is 0 Å². The number of hydrogen-bond acceptors (Lipinski definition) is 3. The Balaban J connectivity index is 2.10. The van der Waals surface area contributed by atoms with Crippen LogP contribution in [-0.2, 0) is 10.6 Å². The molecule has 1 atom stereocenters. The fourth-order valence-electron chi connectivity index (χ4n) is 2.26. The van der Waals surface area contributed by atoms with Crippen LogP contribution in [0.25, 0.3) is 0 Å². The summed E-state index contributed by atoms with van der Waals surface area (Å²) in [6.07, 6.45) is 2.56. The van der Waals surface area contributed by atoms with Crippen molar-refractivity contribution in [2.45, 2.75) is 31.7 Å². The number of aromatic nitrogens is 1. The van der Waals surface area contributed by atoms with E-state index in [-0.39, 0.29) is 0 Å². The summed E-state index contributed by atoms with van der Waals surface area (Å²) in [6.45, 7) is 4.70. The average Bonchev–Trinajstić information content (AvgIpc) is 2.40. The minimum atomic E-state index is 0.306. The number of halogens is 2. The average molecular weight is 289 g/mol. The van der Waals surface area contributed by atoms with Crippen LogP contribution < -0.4 is 4.90 Å². The smallest absolute Gasteiger partial charge is 0.129 e. The molecule has 0 aliphatic carbocycles. The Morgan fingerprint density at radius 1 is 1.50 bits per heavy atom. The molecule has 1 aliphatic heterocycles.